The van der Waals surface area contributed by atoms with E-state index < -0.39 is 0 Å². The second-order valence-electron chi connectivity index (χ2n) is 6.00. The highest BCUT2D eigenvalue weighted by molar-refractivity contribution is 4.86. The van der Waals surface area contributed by atoms with Gasteiger partial charge in [0.2, 0.25) is 0 Å². The molecule has 0 aromatic heterocycles. The average Bonchev–Trinajstić information content (AvgIpc) is 2.29. The Morgan fingerprint density at radius 2 is 2.06 bits per heavy atom. The van der Waals surface area contributed by atoms with Gasteiger partial charge in [0.25, 0.3) is 0 Å². The SMILES string of the molecule is CC1CC(C)C(OCC2CCCCO2)C(N)C1. The smallest absolute Gasteiger partial charge is 0.0808 e. The van der Waals surface area contributed by atoms with Crippen LogP contribution in [0.2, 0.25) is 0 Å². The molecule has 1 saturated carbocycles. The first-order valence-electron chi connectivity index (χ1n) is 7.15. The van der Waals surface area contributed by atoms with Crippen LogP contribution >= 0.6 is 0 Å². The van der Waals surface area contributed by atoms with Crippen LogP contribution in [-0.4, -0.2) is 31.5 Å². The minimum absolute atomic E-state index is 0.206. The monoisotopic (exact) mass is 241 g/mol. The summed E-state index contributed by atoms with van der Waals surface area (Å²) < 4.78 is 11.7. The van der Waals surface area contributed by atoms with Crippen molar-refractivity contribution < 1.29 is 9.47 Å². The van der Waals surface area contributed by atoms with Crippen LogP contribution in [0.4, 0.5) is 0 Å². The lowest BCUT2D eigenvalue weighted by atomic mass is 9.78. The molecule has 0 radical (unpaired) electrons. The van der Waals surface area contributed by atoms with Crippen LogP contribution in [0.3, 0.4) is 0 Å². The van der Waals surface area contributed by atoms with Crippen LogP contribution in [0.5, 0.6) is 0 Å². The minimum atomic E-state index is 0.206. The van der Waals surface area contributed by atoms with Gasteiger partial charge < -0.3 is 15.2 Å². The van der Waals surface area contributed by atoms with Crippen molar-refractivity contribution in [3.63, 3.8) is 0 Å². The third kappa shape index (κ3) is 3.67. The summed E-state index contributed by atoms with van der Waals surface area (Å²) in [6.45, 7) is 6.19. The molecule has 0 amide bonds. The van der Waals surface area contributed by atoms with Gasteiger partial charge in [-0.3, -0.25) is 0 Å². The molecular formula is C14H27NO2. The molecule has 100 valence electrons. The fraction of sp³-hybridized carbons (Fsp3) is 1.00. The van der Waals surface area contributed by atoms with Gasteiger partial charge in [-0.15, -0.1) is 0 Å². The summed E-state index contributed by atoms with van der Waals surface area (Å²) in [5.41, 5.74) is 6.21. The van der Waals surface area contributed by atoms with Crippen LogP contribution in [-0.2, 0) is 9.47 Å². The van der Waals surface area contributed by atoms with E-state index in [4.69, 9.17) is 15.2 Å². The molecule has 0 aromatic rings. The van der Waals surface area contributed by atoms with E-state index >= 15 is 0 Å². The molecule has 1 heterocycles. The van der Waals surface area contributed by atoms with Gasteiger partial charge in [-0.2, -0.15) is 0 Å². The highest BCUT2D eigenvalue weighted by Crippen LogP contribution is 2.30. The predicted molar refractivity (Wildman–Crippen MR) is 68.9 cm³/mol. The van der Waals surface area contributed by atoms with Crippen molar-refractivity contribution in [1.29, 1.82) is 0 Å². The largest absolute Gasteiger partial charge is 0.376 e. The number of hydrogen-bond acceptors (Lipinski definition) is 3. The molecular weight excluding hydrogens is 214 g/mol. The van der Waals surface area contributed by atoms with E-state index in [0.717, 1.165) is 32.0 Å². The zero-order valence-corrected chi connectivity index (χ0v) is 11.2. The molecule has 1 saturated heterocycles. The van der Waals surface area contributed by atoms with Crippen molar-refractivity contribution in [2.75, 3.05) is 13.2 Å². The van der Waals surface area contributed by atoms with E-state index in [0.29, 0.717) is 12.0 Å². The van der Waals surface area contributed by atoms with Crippen LogP contribution in [0.1, 0.15) is 46.0 Å². The average molecular weight is 241 g/mol. The first-order valence-corrected chi connectivity index (χ1v) is 7.15. The van der Waals surface area contributed by atoms with Gasteiger partial charge >= 0.3 is 0 Å². The molecule has 0 spiro atoms. The zero-order valence-electron chi connectivity index (χ0n) is 11.2. The number of hydrogen-bond donors (Lipinski definition) is 1. The lowest BCUT2D eigenvalue weighted by Crippen LogP contribution is -2.47. The maximum absolute atomic E-state index is 6.21. The van der Waals surface area contributed by atoms with Gasteiger partial charge in [0.15, 0.2) is 0 Å². The van der Waals surface area contributed by atoms with Crippen molar-refractivity contribution in [2.24, 2.45) is 17.6 Å². The van der Waals surface area contributed by atoms with Gasteiger partial charge in [0.05, 0.1) is 18.8 Å². The molecule has 5 unspecified atom stereocenters. The summed E-state index contributed by atoms with van der Waals surface area (Å²) in [6.07, 6.45) is 6.50. The summed E-state index contributed by atoms with van der Waals surface area (Å²) in [5.74, 6) is 1.32. The molecule has 5 atom stereocenters. The van der Waals surface area contributed by atoms with Gasteiger partial charge in [0, 0.05) is 12.6 Å². The molecule has 3 nitrogen and oxygen atoms in total. The first-order chi connectivity index (χ1) is 8.16. The lowest BCUT2D eigenvalue weighted by molar-refractivity contribution is -0.0919. The summed E-state index contributed by atoms with van der Waals surface area (Å²) in [5, 5.41) is 0. The van der Waals surface area contributed by atoms with Crippen molar-refractivity contribution in [2.45, 2.75) is 64.2 Å². The Bertz CT molecular complexity index is 216. The topological polar surface area (TPSA) is 44.5 Å². The third-order valence-electron chi connectivity index (χ3n) is 4.18. The maximum Gasteiger partial charge on any atom is 0.0808 e. The Labute approximate surface area is 105 Å². The summed E-state index contributed by atoms with van der Waals surface area (Å²) >= 11 is 0. The molecule has 2 N–H and O–H groups in total. The van der Waals surface area contributed by atoms with Crippen molar-refractivity contribution in [3.8, 4) is 0 Å². The minimum Gasteiger partial charge on any atom is -0.376 e. The van der Waals surface area contributed by atoms with E-state index in [1.807, 2.05) is 0 Å². The Balaban J connectivity index is 1.76. The number of rotatable bonds is 3. The predicted octanol–water partition coefficient (Wildman–Crippen LogP) is 2.33. The molecule has 1 aliphatic carbocycles. The van der Waals surface area contributed by atoms with Crippen molar-refractivity contribution in [1.82, 2.24) is 0 Å². The van der Waals surface area contributed by atoms with Crippen LogP contribution < -0.4 is 5.73 Å². The van der Waals surface area contributed by atoms with Crippen LogP contribution in [0.25, 0.3) is 0 Å². The van der Waals surface area contributed by atoms with Gasteiger partial charge in [-0.1, -0.05) is 13.8 Å². The number of ether oxygens (including phenoxy) is 2. The second-order valence-corrected chi connectivity index (χ2v) is 6.00. The normalized spacial score (nSPS) is 43.6. The first kappa shape index (κ1) is 13.3. The van der Waals surface area contributed by atoms with Gasteiger partial charge in [-0.05, 0) is 43.9 Å². The second kappa shape index (κ2) is 6.17. The fourth-order valence-electron chi connectivity index (χ4n) is 3.33. The lowest BCUT2D eigenvalue weighted by Gasteiger charge is -2.38. The molecule has 0 aromatic carbocycles. The fourth-order valence-corrected chi connectivity index (χ4v) is 3.33. The van der Waals surface area contributed by atoms with Crippen LogP contribution in [0, 0.1) is 11.8 Å². The Kier molecular flexibility index (Phi) is 4.83. The molecule has 3 heteroatoms. The quantitative estimate of drug-likeness (QED) is 0.825. The molecule has 17 heavy (non-hydrogen) atoms. The molecule has 2 aliphatic rings. The Morgan fingerprint density at radius 3 is 2.71 bits per heavy atom. The van der Waals surface area contributed by atoms with Crippen molar-refractivity contribution >= 4 is 0 Å². The van der Waals surface area contributed by atoms with Gasteiger partial charge in [-0.25, -0.2) is 0 Å². The summed E-state index contributed by atoms with van der Waals surface area (Å²) in [7, 11) is 0. The van der Waals surface area contributed by atoms with E-state index in [-0.39, 0.29) is 12.1 Å². The molecule has 2 rings (SSSR count). The van der Waals surface area contributed by atoms with E-state index in [1.165, 1.54) is 19.3 Å². The molecule has 1 aliphatic heterocycles. The zero-order chi connectivity index (χ0) is 12.3. The summed E-state index contributed by atoms with van der Waals surface area (Å²) in [4.78, 5) is 0. The van der Waals surface area contributed by atoms with E-state index in [9.17, 15) is 0 Å². The van der Waals surface area contributed by atoms with Gasteiger partial charge in [0.1, 0.15) is 0 Å². The third-order valence-corrected chi connectivity index (χ3v) is 4.18. The molecule has 0 bridgehead atoms. The highest BCUT2D eigenvalue weighted by atomic mass is 16.5. The molecule has 2 fully saturated rings. The van der Waals surface area contributed by atoms with E-state index in [1.54, 1.807) is 0 Å². The standard InChI is InChI=1S/C14H27NO2/c1-10-7-11(2)14(13(15)8-10)17-9-12-5-3-4-6-16-12/h10-14H,3-9,15H2,1-2H3. The maximum atomic E-state index is 6.21. The highest BCUT2D eigenvalue weighted by Gasteiger charge is 2.33. The van der Waals surface area contributed by atoms with Crippen molar-refractivity contribution in [3.05, 3.63) is 0 Å². The van der Waals surface area contributed by atoms with Crippen LogP contribution in [0.15, 0.2) is 0 Å². The van der Waals surface area contributed by atoms with E-state index in [2.05, 4.69) is 13.8 Å². The Hall–Kier alpha value is -0.120. The summed E-state index contributed by atoms with van der Waals surface area (Å²) in [6, 6.07) is 0.206. The number of nitrogens with two attached hydrogens (primary N) is 1. The Morgan fingerprint density at radius 1 is 1.24 bits per heavy atom.